The highest BCUT2D eigenvalue weighted by molar-refractivity contribution is 9.09. The van der Waals surface area contributed by atoms with Gasteiger partial charge in [0.2, 0.25) is 5.91 Å². The van der Waals surface area contributed by atoms with E-state index in [4.69, 9.17) is 0 Å². The summed E-state index contributed by atoms with van der Waals surface area (Å²) in [6, 6.07) is 3.53. The lowest BCUT2D eigenvalue weighted by Gasteiger charge is -2.48. The molecule has 2 saturated carbocycles. The molecule has 3 aliphatic rings. The third-order valence-corrected chi connectivity index (χ3v) is 7.42. The van der Waals surface area contributed by atoms with Crippen molar-refractivity contribution in [3.63, 3.8) is 0 Å². The topological polar surface area (TPSA) is 75.6 Å². The van der Waals surface area contributed by atoms with E-state index in [0.29, 0.717) is 23.5 Å². The average molecular weight is 452 g/mol. The molecule has 5 nitrogen and oxygen atoms in total. The van der Waals surface area contributed by atoms with Crippen LogP contribution in [0.1, 0.15) is 56.1 Å². The van der Waals surface area contributed by atoms with Crippen LogP contribution in [-0.4, -0.2) is 36.3 Å². The Kier molecular flexibility index (Phi) is 6.50. The van der Waals surface area contributed by atoms with Crippen LogP contribution in [0, 0.1) is 17.3 Å². The molecule has 0 aliphatic heterocycles. The number of benzene rings is 1. The third-order valence-electron chi connectivity index (χ3n) is 6.91. The number of nitrogens with one attached hydrogen (secondary N) is 1. The molecule has 0 heterocycles. The molecule has 154 valence electrons. The van der Waals surface area contributed by atoms with E-state index in [0.717, 1.165) is 49.8 Å². The normalized spacial score (nSPS) is 30.4. The largest absolute Gasteiger partial charge is 0.508 e. The molecule has 0 aromatic heterocycles. The molecule has 1 aromatic rings. The molecule has 3 aliphatic carbocycles. The lowest BCUT2D eigenvalue weighted by atomic mass is 9.55. The van der Waals surface area contributed by atoms with Gasteiger partial charge in [-0.3, -0.25) is 9.59 Å². The molecule has 2 N–H and O–H groups in total. The van der Waals surface area contributed by atoms with Crippen LogP contribution >= 0.6 is 15.9 Å². The Morgan fingerprint density at radius 1 is 1.29 bits per heavy atom. The number of carbonyl (C=O) groups is 2. The van der Waals surface area contributed by atoms with E-state index in [1.807, 2.05) is 6.07 Å². The van der Waals surface area contributed by atoms with Crippen molar-refractivity contribution in [1.29, 1.82) is 0 Å². The van der Waals surface area contributed by atoms with Crippen molar-refractivity contribution in [3.05, 3.63) is 23.3 Å². The predicted octanol–water partition coefficient (Wildman–Crippen LogP) is 4.41. The number of alkyl halides is 1. The van der Waals surface area contributed by atoms with E-state index in [1.54, 1.807) is 20.3 Å². The van der Waals surface area contributed by atoms with Crippen molar-refractivity contribution in [1.82, 2.24) is 0 Å². The van der Waals surface area contributed by atoms with Gasteiger partial charge in [0.05, 0.1) is 5.33 Å². The molecule has 0 spiro atoms. The highest BCUT2D eigenvalue weighted by atomic mass is 79.9. The number of ether oxygens (including phenoxy) is 1. The van der Waals surface area contributed by atoms with Crippen LogP contribution in [-0.2, 0) is 20.7 Å². The molecule has 2 fully saturated rings. The molecule has 0 saturated heterocycles. The fourth-order valence-corrected chi connectivity index (χ4v) is 5.91. The molecule has 28 heavy (non-hydrogen) atoms. The van der Waals surface area contributed by atoms with Gasteiger partial charge in [-0.05, 0) is 67.1 Å². The Balaban J connectivity index is 0.000000706. The molecule has 4 atom stereocenters. The van der Waals surface area contributed by atoms with E-state index in [-0.39, 0.29) is 22.4 Å². The number of halogens is 1. The van der Waals surface area contributed by atoms with Gasteiger partial charge in [0.25, 0.3) is 0 Å². The van der Waals surface area contributed by atoms with Crippen LogP contribution in [0.25, 0.3) is 0 Å². The molecule has 0 unspecified atom stereocenters. The number of anilines is 1. The second-order valence-corrected chi connectivity index (χ2v) is 9.05. The number of aryl methyl sites for hydroxylation is 1. The summed E-state index contributed by atoms with van der Waals surface area (Å²) in [5, 5.41) is 13.3. The Hall–Kier alpha value is -1.40. The monoisotopic (exact) mass is 451 g/mol. The van der Waals surface area contributed by atoms with Gasteiger partial charge in [-0.25, -0.2) is 0 Å². The first-order valence-corrected chi connectivity index (χ1v) is 11.1. The number of fused-ring (bicyclic) bond motifs is 5. The zero-order chi connectivity index (χ0) is 20.5. The molecular formula is C22H30BrNO4. The Labute approximate surface area is 175 Å². The SMILES string of the molecule is COC.C[C@]12CC[C@@H]3c4c(cc(O)cc4NC(=O)CBr)CC[C@H]3[C@@H]1CCC2=O. The number of rotatable bonds is 2. The Morgan fingerprint density at radius 3 is 2.68 bits per heavy atom. The molecule has 1 amide bonds. The third kappa shape index (κ3) is 3.73. The number of carbonyl (C=O) groups excluding carboxylic acids is 2. The highest BCUT2D eigenvalue weighted by Crippen LogP contribution is 2.60. The molecule has 0 radical (unpaired) electrons. The second kappa shape index (κ2) is 8.54. The number of hydrogen-bond donors (Lipinski definition) is 2. The summed E-state index contributed by atoms with van der Waals surface area (Å²) in [6.07, 6.45) is 5.62. The van der Waals surface area contributed by atoms with Crippen LogP contribution in [0.2, 0.25) is 0 Å². The summed E-state index contributed by atoms with van der Waals surface area (Å²) >= 11 is 3.19. The number of ketones is 1. The lowest BCUT2D eigenvalue weighted by molar-refractivity contribution is -0.129. The van der Waals surface area contributed by atoms with Crippen molar-refractivity contribution in [2.24, 2.45) is 17.3 Å². The minimum Gasteiger partial charge on any atom is -0.508 e. The number of methoxy groups -OCH3 is 1. The zero-order valence-electron chi connectivity index (χ0n) is 16.9. The fourth-order valence-electron chi connectivity index (χ4n) is 5.77. The van der Waals surface area contributed by atoms with E-state index >= 15 is 0 Å². The van der Waals surface area contributed by atoms with Crippen molar-refractivity contribution in [2.45, 2.75) is 51.4 Å². The van der Waals surface area contributed by atoms with Crippen molar-refractivity contribution >= 4 is 33.3 Å². The number of hydrogen-bond acceptors (Lipinski definition) is 4. The van der Waals surface area contributed by atoms with Crippen molar-refractivity contribution in [2.75, 3.05) is 24.9 Å². The standard InChI is InChI=1S/C20H24BrNO3.C2H6O/c1-20-7-6-14-13(15(20)4-5-17(20)24)3-2-11-8-12(23)9-16(19(11)14)22-18(25)10-21;1-3-2/h8-9,13-15,23H,2-7,10H2,1H3,(H,22,25);1-2H3/t13-,14+,15+,20+;/m1./s1. The number of phenols is 1. The smallest absolute Gasteiger partial charge is 0.235 e. The number of amides is 1. The number of phenolic OH excluding ortho intramolecular Hbond substituents is 1. The zero-order valence-corrected chi connectivity index (χ0v) is 18.5. The van der Waals surface area contributed by atoms with Crippen molar-refractivity contribution in [3.8, 4) is 5.75 Å². The van der Waals surface area contributed by atoms with E-state index in [2.05, 4.69) is 32.9 Å². The highest BCUT2D eigenvalue weighted by Gasteiger charge is 2.54. The maximum Gasteiger partial charge on any atom is 0.235 e. The first-order valence-electron chi connectivity index (χ1n) is 10.0. The Bertz CT molecular complexity index is 765. The Morgan fingerprint density at radius 2 is 2.00 bits per heavy atom. The van der Waals surface area contributed by atoms with Crippen LogP contribution in [0.5, 0.6) is 5.75 Å². The second-order valence-electron chi connectivity index (χ2n) is 8.49. The fraction of sp³-hybridized carbons (Fsp3) is 0.636. The lowest BCUT2D eigenvalue weighted by Crippen LogP contribution is -2.42. The van der Waals surface area contributed by atoms with E-state index < -0.39 is 0 Å². The molecule has 0 bridgehead atoms. The predicted molar refractivity (Wildman–Crippen MR) is 113 cm³/mol. The van der Waals surface area contributed by atoms with Crippen LogP contribution in [0.3, 0.4) is 0 Å². The van der Waals surface area contributed by atoms with Gasteiger partial charge >= 0.3 is 0 Å². The molecule has 6 heteroatoms. The quantitative estimate of drug-likeness (QED) is 0.652. The van der Waals surface area contributed by atoms with E-state index in [1.165, 1.54) is 5.56 Å². The van der Waals surface area contributed by atoms with E-state index in [9.17, 15) is 14.7 Å². The van der Waals surface area contributed by atoms with Crippen LogP contribution in [0.15, 0.2) is 12.1 Å². The number of Topliss-reactive ketones (excluding diaryl/α,β-unsaturated/α-hetero) is 1. The summed E-state index contributed by atoms with van der Waals surface area (Å²) in [4.78, 5) is 24.4. The van der Waals surface area contributed by atoms with Crippen molar-refractivity contribution < 1.29 is 19.4 Å². The van der Waals surface area contributed by atoms with Gasteiger partial charge < -0.3 is 15.2 Å². The molecule has 4 rings (SSSR count). The van der Waals surface area contributed by atoms with Gasteiger partial charge in [0.15, 0.2) is 0 Å². The van der Waals surface area contributed by atoms with Gasteiger partial charge in [-0.2, -0.15) is 0 Å². The summed E-state index contributed by atoms with van der Waals surface area (Å²) in [5.41, 5.74) is 2.96. The summed E-state index contributed by atoms with van der Waals surface area (Å²) in [5.74, 6) is 1.88. The van der Waals surface area contributed by atoms with Crippen LogP contribution in [0.4, 0.5) is 5.69 Å². The average Bonchev–Trinajstić information content (AvgIpc) is 2.96. The minimum absolute atomic E-state index is 0.105. The van der Waals surface area contributed by atoms with Gasteiger partial charge in [0, 0.05) is 37.8 Å². The summed E-state index contributed by atoms with van der Waals surface area (Å²) < 4.78 is 4.25. The maximum atomic E-state index is 12.5. The summed E-state index contributed by atoms with van der Waals surface area (Å²) in [6.45, 7) is 2.17. The maximum absolute atomic E-state index is 12.5. The first kappa shape index (κ1) is 21.3. The molecular weight excluding hydrogens is 422 g/mol. The first-order chi connectivity index (χ1) is 13.3. The minimum atomic E-state index is -0.144. The molecule has 1 aromatic carbocycles. The van der Waals surface area contributed by atoms with Gasteiger partial charge in [-0.15, -0.1) is 0 Å². The summed E-state index contributed by atoms with van der Waals surface area (Å²) in [7, 11) is 3.25. The van der Waals surface area contributed by atoms with Crippen LogP contribution < -0.4 is 5.32 Å². The van der Waals surface area contributed by atoms with Gasteiger partial charge in [-0.1, -0.05) is 22.9 Å². The number of aromatic hydroxyl groups is 1. The van der Waals surface area contributed by atoms with Gasteiger partial charge in [0.1, 0.15) is 11.5 Å².